The largest absolute Gasteiger partial charge is 0.308 e. The van der Waals surface area contributed by atoms with Crippen LogP contribution >= 0.6 is 0 Å². The molecule has 0 aromatic carbocycles. The van der Waals surface area contributed by atoms with Crippen LogP contribution in [0.25, 0.3) is 0 Å². The molecule has 0 aliphatic carbocycles. The van der Waals surface area contributed by atoms with E-state index in [-0.39, 0.29) is 5.82 Å². The van der Waals surface area contributed by atoms with Crippen molar-refractivity contribution in [2.75, 3.05) is 0 Å². The van der Waals surface area contributed by atoms with Crippen molar-refractivity contribution in [3.63, 3.8) is 0 Å². The van der Waals surface area contributed by atoms with Crippen LogP contribution in [0.3, 0.4) is 0 Å². The molecule has 2 nitrogen and oxygen atoms in total. The molecular weight excluding hydrogens is 179 g/mol. The fourth-order valence-electron chi connectivity index (χ4n) is 1.04. The molecule has 0 aliphatic rings. The Kier molecular flexibility index (Phi) is 4.01. The van der Waals surface area contributed by atoms with Crippen LogP contribution < -0.4 is 5.32 Å². The van der Waals surface area contributed by atoms with Crippen molar-refractivity contribution in [1.82, 2.24) is 10.3 Å². The summed E-state index contributed by atoms with van der Waals surface area (Å²) < 4.78 is 13.1. The monoisotopic (exact) mass is 196 g/mol. The Morgan fingerprint density at radius 3 is 2.71 bits per heavy atom. The van der Waals surface area contributed by atoms with Gasteiger partial charge in [0.05, 0.1) is 5.69 Å². The molecule has 0 fully saturated rings. The molecule has 0 radical (unpaired) electrons. The van der Waals surface area contributed by atoms with Crippen molar-refractivity contribution in [2.24, 2.45) is 5.92 Å². The topological polar surface area (TPSA) is 24.9 Å². The normalized spacial score (nSPS) is 13.2. The molecule has 0 amide bonds. The predicted octanol–water partition coefficient (Wildman–Crippen LogP) is 2.35. The van der Waals surface area contributed by atoms with Gasteiger partial charge in [0.15, 0.2) is 0 Å². The second-order valence-electron chi connectivity index (χ2n) is 3.85. The molecule has 14 heavy (non-hydrogen) atoms. The molecule has 1 heterocycles. The summed E-state index contributed by atoms with van der Waals surface area (Å²) in [5, 5.41) is 3.24. The van der Waals surface area contributed by atoms with Gasteiger partial charge < -0.3 is 5.32 Å². The highest BCUT2D eigenvalue weighted by atomic mass is 19.1. The first-order valence-electron chi connectivity index (χ1n) is 4.94. The summed E-state index contributed by atoms with van der Waals surface area (Å²) in [6, 6.07) is 3.41. The van der Waals surface area contributed by atoms with Gasteiger partial charge in [-0.1, -0.05) is 13.8 Å². The summed E-state index contributed by atoms with van der Waals surface area (Å²) in [6.07, 6.45) is 1.61. The molecule has 3 heteroatoms. The maximum atomic E-state index is 13.1. The zero-order valence-electron chi connectivity index (χ0n) is 8.92. The number of rotatable bonds is 4. The zero-order valence-corrected chi connectivity index (χ0v) is 8.92. The van der Waals surface area contributed by atoms with Gasteiger partial charge in [0, 0.05) is 18.8 Å². The van der Waals surface area contributed by atoms with Crippen molar-refractivity contribution in [1.29, 1.82) is 0 Å². The van der Waals surface area contributed by atoms with Crippen LogP contribution in [0.15, 0.2) is 18.3 Å². The highest BCUT2D eigenvalue weighted by molar-refractivity contribution is 5.06. The number of pyridine rings is 1. The maximum absolute atomic E-state index is 13.1. The number of halogens is 1. The Bertz CT molecular complexity index is 286. The highest BCUT2D eigenvalue weighted by Crippen LogP contribution is 2.04. The number of nitrogens with zero attached hydrogens (tertiary/aromatic N) is 1. The average Bonchev–Trinajstić information content (AvgIpc) is 2.16. The fourth-order valence-corrected chi connectivity index (χ4v) is 1.04. The summed E-state index contributed by atoms with van der Waals surface area (Å²) in [7, 11) is 0. The summed E-state index contributed by atoms with van der Waals surface area (Å²) in [4.78, 5) is 3.97. The first-order chi connectivity index (χ1) is 6.61. The second-order valence-corrected chi connectivity index (χ2v) is 3.85. The van der Waals surface area contributed by atoms with Gasteiger partial charge in [0.25, 0.3) is 0 Å². The van der Waals surface area contributed by atoms with Gasteiger partial charge in [-0.15, -0.1) is 0 Å². The van der Waals surface area contributed by atoms with Gasteiger partial charge in [-0.25, -0.2) is 4.39 Å². The van der Waals surface area contributed by atoms with E-state index in [1.807, 2.05) is 0 Å². The lowest BCUT2D eigenvalue weighted by molar-refractivity contribution is 0.418. The van der Waals surface area contributed by atoms with E-state index in [9.17, 15) is 4.39 Å². The van der Waals surface area contributed by atoms with E-state index in [1.54, 1.807) is 12.3 Å². The molecule has 1 aromatic rings. The minimum Gasteiger partial charge on any atom is -0.308 e. The van der Waals surface area contributed by atoms with Crippen molar-refractivity contribution in [2.45, 2.75) is 33.4 Å². The summed E-state index contributed by atoms with van der Waals surface area (Å²) in [5.74, 6) is 0.303. The molecule has 0 spiro atoms. The van der Waals surface area contributed by atoms with E-state index in [2.05, 4.69) is 31.1 Å². The molecule has 0 aliphatic heterocycles. The zero-order chi connectivity index (χ0) is 10.6. The van der Waals surface area contributed by atoms with Crippen LogP contribution in [-0.4, -0.2) is 11.0 Å². The minimum atomic E-state index is -0.240. The third-order valence-corrected chi connectivity index (χ3v) is 2.43. The van der Waals surface area contributed by atoms with Crippen molar-refractivity contribution in [3.05, 3.63) is 29.8 Å². The van der Waals surface area contributed by atoms with E-state index in [0.29, 0.717) is 24.2 Å². The Labute approximate surface area is 84.6 Å². The quantitative estimate of drug-likeness (QED) is 0.799. The van der Waals surface area contributed by atoms with Gasteiger partial charge in [-0.05, 0) is 25.0 Å². The molecular formula is C11H17FN2. The third kappa shape index (κ3) is 3.07. The molecule has 78 valence electrons. The van der Waals surface area contributed by atoms with Crippen LogP contribution in [0.2, 0.25) is 0 Å². The van der Waals surface area contributed by atoms with Gasteiger partial charge in [-0.2, -0.15) is 0 Å². The van der Waals surface area contributed by atoms with Crippen molar-refractivity contribution in [3.8, 4) is 0 Å². The van der Waals surface area contributed by atoms with Crippen LogP contribution in [0.1, 0.15) is 26.5 Å². The Hall–Kier alpha value is -0.960. The molecule has 1 atom stereocenters. The van der Waals surface area contributed by atoms with E-state index in [4.69, 9.17) is 0 Å². The fraction of sp³-hybridized carbons (Fsp3) is 0.545. The Balaban J connectivity index is 2.50. The maximum Gasteiger partial charge on any atom is 0.146 e. The first kappa shape index (κ1) is 11.1. The smallest absolute Gasteiger partial charge is 0.146 e. The van der Waals surface area contributed by atoms with Crippen LogP contribution in [0.4, 0.5) is 4.39 Å². The predicted molar refractivity (Wildman–Crippen MR) is 55.3 cm³/mol. The van der Waals surface area contributed by atoms with E-state index in [1.165, 1.54) is 6.07 Å². The van der Waals surface area contributed by atoms with Crippen LogP contribution in [-0.2, 0) is 6.54 Å². The highest BCUT2D eigenvalue weighted by Gasteiger charge is 2.08. The Morgan fingerprint density at radius 2 is 2.14 bits per heavy atom. The molecule has 1 unspecified atom stereocenters. The van der Waals surface area contributed by atoms with Crippen molar-refractivity contribution >= 4 is 0 Å². The molecule has 0 saturated heterocycles. The minimum absolute atomic E-state index is 0.240. The number of hydrogen-bond acceptors (Lipinski definition) is 2. The summed E-state index contributed by atoms with van der Waals surface area (Å²) in [5.41, 5.74) is 0.486. The molecule has 1 aromatic heterocycles. The van der Waals surface area contributed by atoms with Crippen LogP contribution in [0.5, 0.6) is 0 Å². The summed E-state index contributed by atoms with van der Waals surface area (Å²) >= 11 is 0. The standard InChI is InChI=1S/C11H17FN2/c1-8(2)9(3)14-7-11-10(12)5-4-6-13-11/h4-6,8-9,14H,7H2,1-3H3. The van der Waals surface area contributed by atoms with E-state index < -0.39 is 0 Å². The van der Waals surface area contributed by atoms with Crippen molar-refractivity contribution < 1.29 is 4.39 Å². The lowest BCUT2D eigenvalue weighted by Gasteiger charge is -2.17. The molecule has 0 saturated carbocycles. The number of hydrogen-bond donors (Lipinski definition) is 1. The SMILES string of the molecule is CC(C)C(C)NCc1ncccc1F. The second kappa shape index (κ2) is 5.05. The van der Waals surface area contributed by atoms with E-state index in [0.717, 1.165) is 0 Å². The number of aromatic nitrogens is 1. The van der Waals surface area contributed by atoms with Gasteiger partial charge in [-0.3, -0.25) is 4.98 Å². The van der Waals surface area contributed by atoms with E-state index >= 15 is 0 Å². The average molecular weight is 196 g/mol. The third-order valence-electron chi connectivity index (χ3n) is 2.43. The van der Waals surface area contributed by atoms with Gasteiger partial charge >= 0.3 is 0 Å². The molecule has 0 bridgehead atoms. The lowest BCUT2D eigenvalue weighted by Crippen LogP contribution is -2.30. The Morgan fingerprint density at radius 1 is 1.43 bits per heavy atom. The summed E-state index contributed by atoms with van der Waals surface area (Å²) in [6.45, 7) is 6.84. The molecule has 1 N–H and O–H groups in total. The van der Waals surface area contributed by atoms with Crippen LogP contribution in [0, 0.1) is 11.7 Å². The lowest BCUT2D eigenvalue weighted by atomic mass is 10.1. The van der Waals surface area contributed by atoms with Gasteiger partial charge in [0.1, 0.15) is 5.82 Å². The first-order valence-corrected chi connectivity index (χ1v) is 4.94. The molecule has 1 rings (SSSR count). The number of nitrogens with one attached hydrogen (secondary N) is 1. The van der Waals surface area contributed by atoms with Gasteiger partial charge in [0.2, 0.25) is 0 Å².